The van der Waals surface area contributed by atoms with Gasteiger partial charge in [-0.05, 0) is 12.0 Å². The van der Waals surface area contributed by atoms with Crippen LogP contribution in [0, 0.1) is 0 Å². The van der Waals surface area contributed by atoms with Gasteiger partial charge in [0, 0.05) is 6.42 Å². The summed E-state index contributed by atoms with van der Waals surface area (Å²) in [6.07, 6.45) is 1.31. The maximum atomic E-state index is 11.6. The van der Waals surface area contributed by atoms with Gasteiger partial charge >= 0.3 is 0 Å². The zero-order chi connectivity index (χ0) is 13.4. The minimum absolute atomic E-state index is 0.0975. The molecule has 0 saturated heterocycles. The Hall–Kier alpha value is -0.840. The molecule has 0 spiro atoms. The summed E-state index contributed by atoms with van der Waals surface area (Å²) in [5.41, 5.74) is 1.19. The smallest absolute Gasteiger partial charge is 0.215 e. The third-order valence-electron chi connectivity index (χ3n) is 2.46. The monoisotopic (exact) mass is 268 g/mol. The summed E-state index contributed by atoms with van der Waals surface area (Å²) in [6.45, 7) is 1.50. The van der Waals surface area contributed by atoms with Crippen LogP contribution in [0.2, 0.25) is 0 Å². The second-order valence-corrected chi connectivity index (χ2v) is 6.13. The first kappa shape index (κ1) is 15.2. The van der Waals surface area contributed by atoms with E-state index in [1.54, 1.807) is 0 Å². The minimum atomic E-state index is 0.0975. The highest BCUT2D eigenvalue weighted by Gasteiger charge is 2.08. The fourth-order valence-corrected chi connectivity index (χ4v) is 1.83. The van der Waals surface area contributed by atoms with Gasteiger partial charge in [0.1, 0.15) is 13.2 Å². The van der Waals surface area contributed by atoms with E-state index in [0.717, 1.165) is 29.5 Å². The lowest BCUT2D eigenvalue weighted by Gasteiger charge is -2.23. The van der Waals surface area contributed by atoms with E-state index in [2.05, 4.69) is 21.1 Å². The molecule has 1 rings (SSSR count). The molecule has 100 valence electrons. The summed E-state index contributed by atoms with van der Waals surface area (Å²) in [4.78, 5) is 11.6. The molecule has 0 aromatic heterocycles. The maximum absolute atomic E-state index is 11.6. The fraction of sp³-hybridized carbons (Fsp3) is 0.500. The number of carbonyl (C=O) groups is 1. The van der Waals surface area contributed by atoms with Gasteiger partial charge in [-0.15, -0.1) is 0 Å². The Labute approximate surface area is 114 Å². The van der Waals surface area contributed by atoms with Gasteiger partial charge in [-0.1, -0.05) is 30.3 Å². The van der Waals surface area contributed by atoms with Crippen LogP contribution < -0.4 is 0 Å². The Morgan fingerprint density at radius 1 is 1.22 bits per heavy atom. The molecule has 0 amide bonds. The third-order valence-corrected chi connectivity index (χ3v) is 3.13. The van der Waals surface area contributed by atoms with E-state index >= 15 is 0 Å². The molecule has 0 atom stereocenters. The highest BCUT2D eigenvalue weighted by molar-refractivity contribution is 8.09. The molecule has 0 heterocycles. The molecule has 0 bridgehead atoms. The molecular weight excluding hydrogens is 246 g/mol. The summed E-state index contributed by atoms with van der Waals surface area (Å²) in [5.74, 6) is 0. The highest BCUT2D eigenvalue weighted by Crippen LogP contribution is 2.11. The van der Waals surface area contributed by atoms with Crippen molar-refractivity contribution in [2.45, 2.75) is 12.8 Å². The van der Waals surface area contributed by atoms with Crippen LogP contribution in [0.1, 0.15) is 12.0 Å². The number of benzene rings is 1. The van der Waals surface area contributed by atoms with Crippen LogP contribution in [-0.2, 0) is 15.4 Å². The van der Waals surface area contributed by atoms with Crippen molar-refractivity contribution in [2.24, 2.45) is 0 Å². The number of aryl methyl sites for hydroxylation is 1. The third kappa shape index (κ3) is 7.48. The molecule has 0 unspecified atom stereocenters. The number of nitrogens with zero attached hydrogens (tertiary/aromatic N) is 1. The number of quaternary nitrogens is 1. The van der Waals surface area contributed by atoms with Crippen molar-refractivity contribution in [3.8, 4) is 0 Å². The first-order chi connectivity index (χ1) is 8.47. The predicted octanol–water partition coefficient (Wildman–Crippen LogP) is 2.52. The van der Waals surface area contributed by atoms with Gasteiger partial charge in [-0.3, -0.25) is 4.79 Å². The maximum Gasteiger partial charge on any atom is 0.215 e. The van der Waals surface area contributed by atoms with Crippen LogP contribution in [0.15, 0.2) is 30.3 Å². The Bertz CT molecular complexity index is 360. The highest BCUT2D eigenvalue weighted by atomic mass is 32.2. The lowest BCUT2D eigenvalue weighted by molar-refractivity contribution is -0.870. The SMILES string of the molecule is C[N+](C)(C)CCOSC(=O)CCc1ccccc1. The van der Waals surface area contributed by atoms with E-state index in [1.165, 1.54) is 5.56 Å². The first-order valence-electron chi connectivity index (χ1n) is 6.14. The van der Waals surface area contributed by atoms with Crippen LogP contribution >= 0.6 is 12.0 Å². The number of likely N-dealkylation sites (N-methyl/N-ethyl adjacent to an activating group) is 1. The fourth-order valence-electron chi connectivity index (χ4n) is 1.35. The lowest BCUT2D eigenvalue weighted by Crippen LogP contribution is -2.37. The standard InChI is InChI=1S/C14H22NO2S/c1-15(2,3)11-12-17-18-14(16)10-9-13-7-5-4-6-8-13/h4-8H,9-12H2,1-3H3/q+1. The average Bonchev–Trinajstić information content (AvgIpc) is 2.32. The van der Waals surface area contributed by atoms with Crippen LogP contribution in [0.25, 0.3) is 0 Å². The zero-order valence-electron chi connectivity index (χ0n) is 11.4. The van der Waals surface area contributed by atoms with Gasteiger partial charge in [-0.25, -0.2) is 0 Å². The molecule has 1 aromatic carbocycles. The van der Waals surface area contributed by atoms with Gasteiger partial charge in [0.15, 0.2) is 0 Å². The number of carbonyl (C=O) groups excluding carboxylic acids is 1. The molecular formula is C14H22NO2S+. The average molecular weight is 268 g/mol. The number of hydrogen-bond donors (Lipinski definition) is 0. The first-order valence-corrected chi connectivity index (χ1v) is 6.88. The Morgan fingerprint density at radius 2 is 1.89 bits per heavy atom. The van der Waals surface area contributed by atoms with Gasteiger partial charge in [0.2, 0.25) is 5.12 Å². The molecule has 0 saturated carbocycles. The van der Waals surface area contributed by atoms with Gasteiger partial charge in [0.05, 0.1) is 33.2 Å². The van der Waals surface area contributed by atoms with Crippen LogP contribution in [0.3, 0.4) is 0 Å². The van der Waals surface area contributed by atoms with Crippen molar-refractivity contribution in [1.29, 1.82) is 0 Å². The van der Waals surface area contributed by atoms with E-state index in [-0.39, 0.29) is 5.12 Å². The van der Waals surface area contributed by atoms with Crippen molar-refractivity contribution in [3.63, 3.8) is 0 Å². The van der Waals surface area contributed by atoms with Crippen molar-refractivity contribution in [2.75, 3.05) is 34.3 Å². The van der Waals surface area contributed by atoms with E-state index in [1.807, 2.05) is 30.3 Å². The van der Waals surface area contributed by atoms with E-state index < -0.39 is 0 Å². The molecule has 0 aliphatic carbocycles. The van der Waals surface area contributed by atoms with Crippen LogP contribution in [0.5, 0.6) is 0 Å². The van der Waals surface area contributed by atoms with E-state index in [9.17, 15) is 4.79 Å². The molecule has 4 heteroatoms. The zero-order valence-corrected chi connectivity index (χ0v) is 12.2. The Balaban J connectivity index is 2.11. The van der Waals surface area contributed by atoms with Gasteiger partial charge < -0.3 is 8.67 Å². The van der Waals surface area contributed by atoms with Crippen molar-refractivity contribution >= 4 is 17.2 Å². The van der Waals surface area contributed by atoms with Gasteiger partial charge in [-0.2, -0.15) is 0 Å². The summed E-state index contributed by atoms with van der Waals surface area (Å²) in [7, 11) is 6.31. The molecule has 0 N–H and O–H groups in total. The molecule has 18 heavy (non-hydrogen) atoms. The number of rotatable bonds is 7. The van der Waals surface area contributed by atoms with Crippen molar-refractivity contribution in [1.82, 2.24) is 0 Å². The topological polar surface area (TPSA) is 26.3 Å². The summed E-state index contributed by atoms with van der Waals surface area (Å²) in [6, 6.07) is 10.0. The molecule has 0 fully saturated rings. The minimum Gasteiger partial charge on any atom is -0.329 e. The van der Waals surface area contributed by atoms with Crippen molar-refractivity contribution in [3.05, 3.63) is 35.9 Å². The summed E-state index contributed by atoms with van der Waals surface area (Å²) >= 11 is 0.987. The quantitative estimate of drug-likeness (QED) is 0.432. The van der Waals surface area contributed by atoms with E-state index in [4.69, 9.17) is 4.18 Å². The Morgan fingerprint density at radius 3 is 2.50 bits per heavy atom. The van der Waals surface area contributed by atoms with Crippen LogP contribution in [0.4, 0.5) is 0 Å². The normalized spacial score (nSPS) is 11.5. The number of hydrogen-bond acceptors (Lipinski definition) is 3. The second kappa shape index (κ2) is 7.56. The molecule has 0 aliphatic heterocycles. The molecule has 0 aliphatic rings. The molecule has 0 radical (unpaired) electrons. The molecule has 1 aromatic rings. The second-order valence-electron chi connectivity index (χ2n) is 5.28. The van der Waals surface area contributed by atoms with Crippen LogP contribution in [-0.4, -0.2) is 43.9 Å². The summed E-state index contributed by atoms with van der Waals surface area (Å²) in [5, 5.41) is 0.0975. The predicted molar refractivity (Wildman–Crippen MR) is 76.2 cm³/mol. The Kier molecular flexibility index (Phi) is 6.39. The van der Waals surface area contributed by atoms with Gasteiger partial charge in [0.25, 0.3) is 0 Å². The van der Waals surface area contributed by atoms with Crippen molar-refractivity contribution < 1.29 is 13.5 Å². The molecule has 3 nitrogen and oxygen atoms in total. The summed E-state index contributed by atoms with van der Waals surface area (Å²) < 4.78 is 6.16. The largest absolute Gasteiger partial charge is 0.329 e. The van der Waals surface area contributed by atoms with E-state index in [0.29, 0.717) is 13.0 Å². The lowest BCUT2D eigenvalue weighted by atomic mass is 10.1.